The Kier molecular flexibility index (Phi) is 3.39. The minimum Gasteiger partial charge on any atom is -0.398 e. The molecule has 5 nitrogen and oxygen atoms in total. The fraction of sp³-hybridized carbons (Fsp3) is 0.188. The lowest BCUT2D eigenvalue weighted by molar-refractivity contribution is 0.571. The van der Waals surface area contributed by atoms with Crippen LogP contribution in [0.3, 0.4) is 0 Å². The third kappa shape index (κ3) is 2.69. The number of nitriles is 1. The number of nitrogens with two attached hydrogens (primary N) is 1. The van der Waals surface area contributed by atoms with Gasteiger partial charge in [0.25, 0.3) is 0 Å². The molecule has 0 bridgehead atoms. The normalized spacial score (nSPS) is 16.0. The Morgan fingerprint density at radius 2 is 1.82 bits per heavy atom. The van der Waals surface area contributed by atoms with Crippen molar-refractivity contribution in [3.05, 3.63) is 48.5 Å². The van der Waals surface area contributed by atoms with E-state index in [-0.39, 0.29) is 4.90 Å². The minimum absolute atomic E-state index is 0.0752. The number of sulfonamides is 1. The summed E-state index contributed by atoms with van der Waals surface area (Å²) in [5, 5.41) is 9.01. The summed E-state index contributed by atoms with van der Waals surface area (Å²) in [5.74, 6) is 0. The van der Waals surface area contributed by atoms with Gasteiger partial charge >= 0.3 is 0 Å². The van der Waals surface area contributed by atoms with Gasteiger partial charge in [-0.05, 0) is 30.5 Å². The molecule has 22 heavy (non-hydrogen) atoms. The summed E-state index contributed by atoms with van der Waals surface area (Å²) in [6, 6.07) is 16.1. The number of nitrogen functional groups attached to an aromatic ring is 1. The molecule has 0 heterocycles. The molecule has 1 aliphatic carbocycles. The van der Waals surface area contributed by atoms with Crippen molar-refractivity contribution in [3.8, 4) is 17.2 Å². The van der Waals surface area contributed by atoms with Gasteiger partial charge < -0.3 is 5.73 Å². The summed E-state index contributed by atoms with van der Waals surface area (Å²) >= 11 is 0. The maximum absolute atomic E-state index is 12.3. The molecule has 1 aliphatic rings. The highest BCUT2D eigenvalue weighted by molar-refractivity contribution is 7.89. The van der Waals surface area contributed by atoms with Crippen molar-refractivity contribution >= 4 is 15.7 Å². The van der Waals surface area contributed by atoms with Gasteiger partial charge in [-0.25, -0.2) is 8.42 Å². The topological polar surface area (TPSA) is 96.0 Å². The number of benzene rings is 2. The highest BCUT2D eigenvalue weighted by Gasteiger charge is 2.46. The number of hydrogen-bond donors (Lipinski definition) is 2. The summed E-state index contributed by atoms with van der Waals surface area (Å²) in [6.45, 7) is 0. The van der Waals surface area contributed by atoms with Crippen molar-refractivity contribution in [1.82, 2.24) is 4.72 Å². The van der Waals surface area contributed by atoms with Crippen LogP contribution in [0.5, 0.6) is 0 Å². The van der Waals surface area contributed by atoms with Crippen LogP contribution in [0.1, 0.15) is 12.8 Å². The first-order valence-corrected chi connectivity index (χ1v) is 8.34. The molecular formula is C16H15N3O2S. The van der Waals surface area contributed by atoms with E-state index in [0.717, 1.165) is 11.1 Å². The third-order valence-corrected chi connectivity index (χ3v) is 5.25. The van der Waals surface area contributed by atoms with E-state index in [1.54, 1.807) is 6.07 Å². The molecule has 2 aromatic carbocycles. The van der Waals surface area contributed by atoms with Crippen LogP contribution in [0.25, 0.3) is 11.1 Å². The lowest BCUT2D eigenvalue weighted by atomic mass is 10.0. The maximum Gasteiger partial charge on any atom is 0.242 e. The summed E-state index contributed by atoms with van der Waals surface area (Å²) in [7, 11) is -3.74. The molecule has 0 aromatic heterocycles. The van der Waals surface area contributed by atoms with Crippen LogP contribution in [0.2, 0.25) is 0 Å². The molecule has 2 aromatic rings. The Bertz CT molecular complexity index is 851. The summed E-state index contributed by atoms with van der Waals surface area (Å²) in [6.07, 6.45) is 1.08. The molecule has 1 fully saturated rings. The monoisotopic (exact) mass is 313 g/mol. The molecule has 0 saturated heterocycles. The Balaban J connectivity index is 1.94. The second-order valence-electron chi connectivity index (χ2n) is 5.41. The van der Waals surface area contributed by atoms with Crippen molar-refractivity contribution in [2.75, 3.05) is 5.73 Å². The molecule has 0 radical (unpaired) electrons. The van der Waals surface area contributed by atoms with Crippen molar-refractivity contribution in [2.24, 2.45) is 0 Å². The Hall–Kier alpha value is -2.36. The first kappa shape index (κ1) is 14.6. The van der Waals surface area contributed by atoms with Gasteiger partial charge in [-0.3, -0.25) is 0 Å². The second kappa shape index (κ2) is 5.13. The van der Waals surface area contributed by atoms with Crippen LogP contribution < -0.4 is 10.5 Å². The zero-order valence-corrected chi connectivity index (χ0v) is 12.6. The quantitative estimate of drug-likeness (QED) is 0.846. The molecule has 0 amide bonds. The molecule has 6 heteroatoms. The van der Waals surface area contributed by atoms with E-state index < -0.39 is 15.6 Å². The summed E-state index contributed by atoms with van der Waals surface area (Å²) in [4.78, 5) is 0.0752. The molecule has 0 unspecified atom stereocenters. The lowest BCUT2D eigenvalue weighted by Gasteiger charge is -2.12. The molecule has 3 N–H and O–H groups in total. The number of anilines is 1. The predicted molar refractivity (Wildman–Crippen MR) is 84.2 cm³/mol. The van der Waals surface area contributed by atoms with Gasteiger partial charge in [0.15, 0.2) is 0 Å². The van der Waals surface area contributed by atoms with Crippen LogP contribution in [0, 0.1) is 11.3 Å². The van der Waals surface area contributed by atoms with E-state index in [1.165, 1.54) is 12.1 Å². The van der Waals surface area contributed by atoms with E-state index in [9.17, 15) is 8.42 Å². The molecule has 0 aliphatic heterocycles. The zero-order chi connectivity index (χ0) is 15.8. The largest absolute Gasteiger partial charge is 0.398 e. The maximum atomic E-state index is 12.3. The average Bonchev–Trinajstić information content (AvgIpc) is 3.27. The van der Waals surface area contributed by atoms with E-state index >= 15 is 0 Å². The third-order valence-electron chi connectivity index (χ3n) is 3.71. The lowest BCUT2D eigenvalue weighted by Crippen LogP contribution is -2.35. The van der Waals surface area contributed by atoms with Gasteiger partial charge in [0.05, 0.1) is 11.0 Å². The van der Waals surface area contributed by atoms with Gasteiger partial charge in [-0.15, -0.1) is 0 Å². The second-order valence-corrected chi connectivity index (χ2v) is 7.10. The van der Waals surface area contributed by atoms with Crippen LogP contribution in [-0.2, 0) is 10.0 Å². The first-order chi connectivity index (χ1) is 10.5. The van der Waals surface area contributed by atoms with Gasteiger partial charge in [-0.2, -0.15) is 9.98 Å². The first-order valence-electron chi connectivity index (χ1n) is 6.86. The van der Waals surface area contributed by atoms with E-state index in [4.69, 9.17) is 11.0 Å². The number of nitrogens with one attached hydrogen (secondary N) is 1. The Labute approximate surface area is 129 Å². The van der Waals surface area contributed by atoms with Gasteiger partial charge in [0.2, 0.25) is 10.0 Å². The van der Waals surface area contributed by atoms with Crippen molar-refractivity contribution in [1.29, 1.82) is 5.26 Å². The molecule has 0 atom stereocenters. The summed E-state index contributed by atoms with van der Waals surface area (Å²) in [5.41, 5.74) is 7.15. The molecule has 1 saturated carbocycles. The standard InChI is InChI=1S/C16H15N3O2S/c17-11-16(8-9-16)19-22(20,21)13-6-7-14(15(18)10-13)12-4-2-1-3-5-12/h1-7,10,19H,8-9,18H2. The molecule has 3 rings (SSSR count). The van der Waals surface area contributed by atoms with Gasteiger partial charge in [0, 0.05) is 11.3 Å². The highest BCUT2D eigenvalue weighted by atomic mass is 32.2. The SMILES string of the molecule is N#CC1(NS(=O)(=O)c2ccc(-c3ccccc3)c(N)c2)CC1. The molecule has 0 spiro atoms. The average molecular weight is 313 g/mol. The summed E-state index contributed by atoms with van der Waals surface area (Å²) < 4.78 is 27.1. The number of nitrogens with zero attached hydrogens (tertiary/aromatic N) is 1. The highest BCUT2D eigenvalue weighted by Crippen LogP contribution is 2.36. The van der Waals surface area contributed by atoms with Crippen molar-refractivity contribution in [2.45, 2.75) is 23.3 Å². The van der Waals surface area contributed by atoms with Crippen LogP contribution in [0.15, 0.2) is 53.4 Å². The zero-order valence-electron chi connectivity index (χ0n) is 11.8. The Morgan fingerprint density at radius 1 is 1.14 bits per heavy atom. The fourth-order valence-electron chi connectivity index (χ4n) is 2.27. The van der Waals surface area contributed by atoms with E-state index in [2.05, 4.69) is 4.72 Å². The smallest absolute Gasteiger partial charge is 0.242 e. The van der Waals surface area contributed by atoms with Crippen molar-refractivity contribution in [3.63, 3.8) is 0 Å². The van der Waals surface area contributed by atoms with Gasteiger partial charge in [-0.1, -0.05) is 36.4 Å². The van der Waals surface area contributed by atoms with Crippen LogP contribution in [-0.4, -0.2) is 14.0 Å². The minimum atomic E-state index is -3.74. The fourth-order valence-corrected chi connectivity index (χ4v) is 3.68. The van der Waals surface area contributed by atoms with Crippen LogP contribution in [0.4, 0.5) is 5.69 Å². The number of hydrogen-bond acceptors (Lipinski definition) is 4. The van der Waals surface area contributed by atoms with E-state index in [1.807, 2.05) is 36.4 Å². The predicted octanol–water partition coefficient (Wildman–Crippen LogP) is 2.27. The van der Waals surface area contributed by atoms with E-state index in [0.29, 0.717) is 18.5 Å². The van der Waals surface area contributed by atoms with Crippen LogP contribution >= 0.6 is 0 Å². The Morgan fingerprint density at radius 3 is 2.36 bits per heavy atom. The van der Waals surface area contributed by atoms with Gasteiger partial charge in [0.1, 0.15) is 5.54 Å². The molecular weight excluding hydrogens is 298 g/mol. The molecule has 112 valence electrons. The van der Waals surface area contributed by atoms with Crippen molar-refractivity contribution < 1.29 is 8.42 Å². The number of rotatable bonds is 4.